The van der Waals surface area contributed by atoms with Crippen LogP contribution in [0.15, 0.2) is 18.2 Å². The van der Waals surface area contributed by atoms with Crippen LogP contribution in [0.2, 0.25) is 5.02 Å². The summed E-state index contributed by atoms with van der Waals surface area (Å²) < 4.78 is 5.65. The molecule has 0 amide bonds. The number of rotatable bonds is 7. The maximum absolute atomic E-state index is 6.37. The smallest absolute Gasteiger partial charge is 0.138 e. The van der Waals surface area contributed by atoms with E-state index in [4.69, 9.17) is 16.3 Å². The molecule has 0 aliphatic rings. The Morgan fingerprint density at radius 3 is 2.33 bits per heavy atom. The zero-order valence-electron chi connectivity index (χ0n) is 14.4. The molecule has 1 rings (SSSR count). The molecule has 119 valence electrons. The van der Waals surface area contributed by atoms with Gasteiger partial charge >= 0.3 is 0 Å². The number of hydrogen-bond donors (Lipinski definition) is 0. The van der Waals surface area contributed by atoms with Gasteiger partial charge < -0.3 is 4.74 Å². The zero-order valence-corrected chi connectivity index (χ0v) is 15.2. The Hall–Kier alpha value is -0.690. The van der Waals surface area contributed by atoms with Crippen molar-refractivity contribution in [1.29, 1.82) is 0 Å². The van der Waals surface area contributed by atoms with E-state index in [-0.39, 0.29) is 5.41 Å². The van der Waals surface area contributed by atoms with Crippen LogP contribution >= 0.6 is 11.6 Å². The molecule has 2 heteroatoms. The summed E-state index contributed by atoms with van der Waals surface area (Å²) in [4.78, 5) is 0. The minimum Gasteiger partial charge on any atom is -0.485 e. The lowest BCUT2D eigenvalue weighted by Gasteiger charge is -2.33. The second-order valence-corrected chi connectivity index (χ2v) is 8.10. The Balaban J connectivity index is 2.77. The highest BCUT2D eigenvalue weighted by Gasteiger charge is 2.27. The van der Waals surface area contributed by atoms with E-state index in [1.54, 1.807) is 0 Å². The van der Waals surface area contributed by atoms with Gasteiger partial charge in [0.1, 0.15) is 12.4 Å². The van der Waals surface area contributed by atoms with Crippen molar-refractivity contribution in [3.8, 4) is 5.75 Å². The van der Waals surface area contributed by atoms with Gasteiger partial charge in [0.05, 0.1) is 5.02 Å². The SMILES string of the molecule is CCCC[CH]Oc1ccc(C(C)(C)CC(C)(C)C)cc1Cl. The van der Waals surface area contributed by atoms with Gasteiger partial charge in [-0.05, 0) is 47.8 Å². The number of halogens is 1. The molecule has 0 unspecified atom stereocenters. The number of unbranched alkanes of at least 4 members (excludes halogenated alkanes) is 2. The molecular formula is C19H30ClO. The molecule has 0 saturated carbocycles. The first-order chi connectivity index (χ1) is 9.65. The molecule has 0 spiro atoms. The second kappa shape index (κ2) is 7.54. The number of ether oxygens (including phenoxy) is 1. The second-order valence-electron chi connectivity index (χ2n) is 7.69. The average molecular weight is 310 g/mol. The van der Waals surface area contributed by atoms with Gasteiger partial charge in [0.15, 0.2) is 0 Å². The lowest BCUT2D eigenvalue weighted by atomic mass is 9.72. The quantitative estimate of drug-likeness (QED) is 0.504. The van der Waals surface area contributed by atoms with Gasteiger partial charge in [0.25, 0.3) is 0 Å². The fourth-order valence-corrected chi connectivity index (χ4v) is 3.11. The summed E-state index contributed by atoms with van der Waals surface area (Å²) in [5.74, 6) is 0.753. The Morgan fingerprint density at radius 1 is 1.14 bits per heavy atom. The van der Waals surface area contributed by atoms with Crippen LogP contribution in [-0.4, -0.2) is 0 Å². The third-order valence-corrected chi connectivity index (χ3v) is 3.87. The molecule has 0 atom stereocenters. The van der Waals surface area contributed by atoms with Crippen molar-refractivity contribution in [2.24, 2.45) is 5.41 Å². The standard InChI is InChI=1S/C19H30ClO/c1-7-8-9-12-21-17-11-10-15(13-16(17)20)19(5,6)14-18(2,3)4/h10-13H,7-9,14H2,1-6H3. The Labute approximate surface area is 136 Å². The lowest BCUT2D eigenvalue weighted by Crippen LogP contribution is -2.24. The molecule has 0 aliphatic heterocycles. The van der Waals surface area contributed by atoms with Crippen LogP contribution < -0.4 is 4.74 Å². The molecular weight excluding hydrogens is 280 g/mol. The molecule has 1 aromatic carbocycles. The third-order valence-electron chi connectivity index (χ3n) is 3.57. The minimum atomic E-state index is 0.104. The van der Waals surface area contributed by atoms with E-state index in [0.717, 1.165) is 25.0 Å². The highest BCUT2D eigenvalue weighted by atomic mass is 35.5. The molecule has 21 heavy (non-hydrogen) atoms. The summed E-state index contributed by atoms with van der Waals surface area (Å²) >= 11 is 6.37. The van der Waals surface area contributed by atoms with Crippen molar-refractivity contribution in [2.45, 2.75) is 72.6 Å². The minimum absolute atomic E-state index is 0.104. The van der Waals surface area contributed by atoms with Crippen molar-refractivity contribution < 1.29 is 4.74 Å². The molecule has 0 heterocycles. The van der Waals surface area contributed by atoms with Crippen LogP contribution in [-0.2, 0) is 5.41 Å². The predicted molar refractivity (Wildman–Crippen MR) is 93.0 cm³/mol. The van der Waals surface area contributed by atoms with E-state index in [1.807, 2.05) is 12.7 Å². The maximum atomic E-state index is 6.37. The normalized spacial score (nSPS) is 12.5. The zero-order chi connectivity index (χ0) is 16.1. The molecule has 1 nitrogen and oxygen atoms in total. The predicted octanol–water partition coefficient (Wildman–Crippen LogP) is 6.78. The van der Waals surface area contributed by atoms with Crippen LogP contribution in [0.25, 0.3) is 0 Å². The Kier molecular flexibility index (Phi) is 6.59. The van der Waals surface area contributed by atoms with E-state index in [2.05, 4.69) is 53.7 Å². The van der Waals surface area contributed by atoms with E-state index in [0.29, 0.717) is 10.4 Å². The molecule has 0 fully saturated rings. The lowest BCUT2D eigenvalue weighted by molar-refractivity contribution is 0.284. The first-order valence-electron chi connectivity index (χ1n) is 7.94. The third kappa shape index (κ3) is 6.30. The largest absolute Gasteiger partial charge is 0.485 e. The first kappa shape index (κ1) is 18.4. The molecule has 0 saturated heterocycles. The van der Waals surface area contributed by atoms with Crippen molar-refractivity contribution in [2.75, 3.05) is 0 Å². The van der Waals surface area contributed by atoms with E-state index >= 15 is 0 Å². The maximum Gasteiger partial charge on any atom is 0.138 e. The van der Waals surface area contributed by atoms with Gasteiger partial charge in [-0.15, -0.1) is 0 Å². The van der Waals surface area contributed by atoms with Gasteiger partial charge in [0, 0.05) is 0 Å². The Bertz CT molecular complexity index is 443. The topological polar surface area (TPSA) is 9.23 Å². The van der Waals surface area contributed by atoms with Crippen LogP contribution in [0.4, 0.5) is 0 Å². The number of benzene rings is 1. The summed E-state index contributed by atoms with van der Waals surface area (Å²) in [5.41, 5.74) is 1.66. The molecule has 1 aromatic rings. The molecule has 0 N–H and O–H groups in total. The van der Waals surface area contributed by atoms with Crippen LogP contribution in [0.5, 0.6) is 5.75 Å². The summed E-state index contributed by atoms with van der Waals surface area (Å²) in [6.45, 7) is 15.4. The van der Waals surface area contributed by atoms with Crippen LogP contribution in [0, 0.1) is 12.0 Å². The monoisotopic (exact) mass is 309 g/mol. The van der Waals surface area contributed by atoms with E-state index in [1.165, 1.54) is 12.0 Å². The highest BCUT2D eigenvalue weighted by Crippen LogP contribution is 2.38. The summed E-state index contributed by atoms with van der Waals surface area (Å²) in [7, 11) is 0. The summed E-state index contributed by atoms with van der Waals surface area (Å²) in [5, 5.41) is 0.697. The molecule has 1 radical (unpaired) electrons. The van der Waals surface area contributed by atoms with Gasteiger partial charge in [0.2, 0.25) is 0 Å². The fraction of sp³-hybridized carbons (Fsp3) is 0.632. The first-order valence-corrected chi connectivity index (χ1v) is 8.32. The van der Waals surface area contributed by atoms with Crippen molar-refractivity contribution in [3.05, 3.63) is 35.4 Å². The van der Waals surface area contributed by atoms with E-state index in [9.17, 15) is 0 Å². The molecule has 0 bridgehead atoms. The fourth-order valence-electron chi connectivity index (χ4n) is 2.88. The summed E-state index contributed by atoms with van der Waals surface area (Å²) in [6.07, 6.45) is 4.39. The molecule has 0 aliphatic carbocycles. The van der Waals surface area contributed by atoms with Crippen LogP contribution in [0.3, 0.4) is 0 Å². The average Bonchev–Trinajstić information content (AvgIpc) is 2.33. The van der Waals surface area contributed by atoms with Gasteiger partial charge in [-0.2, -0.15) is 0 Å². The van der Waals surface area contributed by atoms with Gasteiger partial charge in [-0.1, -0.05) is 65.6 Å². The van der Waals surface area contributed by atoms with Gasteiger partial charge in [-0.3, -0.25) is 0 Å². The number of hydrogen-bond acceptors (Lipinski definition) is 1. The highest BCUT2D eigenvalue weighted by molar-refractivity contribution is 6.32. The molecule has 0 aromatic heterocycles. The van der Waals surface area contributed by atoms with Crippen molar-refractivity contribution in [1.82, 2.24) is 0 Å². The summed E-state index contributed by atoms with van der Waals surface area (Å²) in [6, 6.07) is 6.18. The van der Waals surface area contributed by atoms with Gasteiger partial charge in [-0.25, -0.2) is 0 Å². The van der Waals surface area contributed by atoms with Crippen LogP contribution in [0.1, 0.15) is 72.8 Å². The van der Waals surface area contributed by atoms with Crippen molar-refractivity contribution in [3.63, 3.8) is 0 Å². The van der Waals surface area contributed by atoms with Crippen molar-refractivity contribution >= 4 is 11.6 Å². The Morgan fingerprint density at radius 2 is 1.81 bits per heavy atom. The van der Waals surface area contributed by atoms with E-state index < -0.39 is 0 Å².